The van der Waals surface area contributed by atoms with E-state index in [1.807, 2.05) is 32.0 Å². The van der Waals surface area contributed by atoms with E-state index in [0.29, 0.717) is 15.7 Å². The second-order valence-corrected chi connectivity index (χ2v) is 6.50. The number of nitrogens with one attached hydrogen (secondary N) is 2. The lowest BCUT2D eigenvalue weighted by molar-refractivity contribution is 0.102. The van der Waals surface area contributed by atoms with Gasteiger partial charge in [-0.3, -0.25) is 4.79 Å². The molecule has 0 saturated heterocycles. The molecule has 0 fully saturated rings. The van der Waals surface area contributed by atoms with Crippen molar-refractivity contribution >= 4 is 46.4 Å². The Hall–Kier alpha value is -2.63. The van der Waals surface area contributed by atoms with Gasteiger partial charge < -0.3 is 10.6 Å². The van der Waals surface area contributed by atoms with Gasteiger partial charge in [0.25, 0.3) is 5.91 Å². The molecule has 0 spiro atoms. The monoisotopic (exact) mass is 386 g/mol. The smallest absolute Gasteiger partial charge is 0.274 e. The van der Waals surface area contributed by atoms with Gasteiger partial charge in [-0.15, -0.1) is 0 Å². The number of amides is 1. The number of anilines is 3. The van der Waals surface area contributed by atoms with Crippen molar-refractivity contribution in [2.75, 3.05) is 10.6 Å². The Morgan fingerprint density at radius 2 is 1.69 bits per heavy atom. The van der Waals surface area contributed by atoms with Crippen molar-refractivity contribution in [3.63, 3.8) is 0 Å². The summed E-state index contributed by atoms with van der Waals surface area (Å²) in [5.74, 6) is -0.0617. The van der Waals surface area contributed by atoms with Gasteiger partial charge in [0.15, 0.2) is 0 Å². The van der Waals surface area contributed by atoms with Gasteiger partial charge in [0.2, 0.25) is 5.95 Å². The summed E-state index contributed by atoms with van der Waals surface area (Å²) in [5, 5.41) is 6.66. The summed E-state index contributed by atoms with van der Waals surface area (Å²) in [6.07, 6.45) is 1.51. The Labute approximate surface area is 161 Å². The summed E-state index contributed by atoms with van der Waals surface area (Å²) in [6, 6.07) is 12.6. The summed E-state index contributed by atoms with van der Waals surface area (Å²) in [6.45, 7) is 3.88. The summed E-state index contributed by atoms with van der Waals surface area (Å²) in [7, 11) is 0. The lowest BCUT2D eigenvalue weighted by atomic mass is 10.1. The van der Waals surface area contributed by atoms with Gasteiger partial charge in [0.05, 0.1) is 15.7 Å². The van der Waals surface area contributed by atoms with Crippen molar-refractivity contribution in [1.82, 2.24) is 9.97 Å². The number of aromatic nitrogens is 2. The standard InChI is InChI=1S/C19H16Cl2N4O/c1-11-5-3-6-12(2)17(11)25-18(26)15-9-10-22-19(24-15)23-14-8-4-7-13(20)16(14)21/h3-10H,1-2H3,(H,25,26)(H,22,23,24). The Morgan fingerprint density at radius 1 is 1.00 bits per heavy atom. The number of aryl methyl sites for hydroxylation is 2. The van der Waals surface area contributed by atoms with Crippen LogP contribution >= 0.6 is 23.2 Å². The van der Waals surface area contributed by atoms with E-state index in [1.54, 1.807) is 24.3 Å². The van der Waals surface area contributed by atoms with Gasteiger partial charge in [-0.1, -0.05) is 47.5 Å². The average molecular weight is 387 g/mol. The van der Waals surface area contributed by atoms with Gasteiger partial charge in [-0.05, 0) is 43.2 Å². The number of carbonyl (C=O) groups is 1. The third kappa shape index (κ3) is 3.95. The van der Waals surface area contributed by atoms with Crippen molar-refractivity contribution < 1.29 is 4.79 Å². The van der Waals surface area contributed by atoms with Crippen LogP contribution in [0.4, 0.5) is 17.3 Å². The van der Waals surface area contributed by atoms with Gasteiger partial charge in [-0.25, -0.2) is 9.97 Å². The van der Waals surface area contributed by atoms with Crippen LogP contribution in [-0.2, 0) is 0 Å². The molecule has 26 heavy (non-hydrogen) atoms. The number of benzene rings is 2. The van der Waals surface area contributed by atoms with E-state index in [2.05, 4.69) is 20.6 Å². The van der Waals surface area contributed by atoms with E-state index < -0.39 is 0 Å². The summed E-state index contributed by atoms with van der Waals surface area (Å²) in [4.78, 5) is 21.0. The molecule has 1 heterocycles. The molecular formula is C19H16Cl2N4O. The summed E-state index contributed by atoms with van der Waals surface area (Å²) in [5.41, 5.74) is 3.55. The maximum absolute atomic E-state index is 12.6. The van der Waals surface area contributed by atoms with Gasteiger partial charge in [0, 0.05) is 11.9 Å². The van der Waals surface area contributed by atoms with Crippen molar-refractivity contribution in [3.8, 4) is 0 Å². The molecule has 0 saturated carbocycles. The second-order valence-electron chi connectivity index (χ2n) is 5.71. The molecule has 0 radical (unpaired) electrons. The highest BCUT2D eigenvalue weighted by Crippen LogP contribution is 2.30. The molecule has 3 rings (SSSR count). The van der Waals surface area contributed by atoms with Gasteiger partial charge in [0.1, 0.15) is 5.69 Å². The van der Waals surface area contributed by atoms with E-state index in [4.69, 9.17) is 23.2 Å². The highest BCUT2D eigenvalue weighted by atomic mass is 35.5. The van der Waals surface area contributed by atoms with Crippen LogP contribution in [0.5, 0.6) is 0 Å². The fraction of sp³-hybridized carbons (Fsp3) is 0.105. The Kier molecular flexibility index (Phi) is 5.40. The molecule has 1 aromatic heterocycles. The second kappa shape index (κ2) is 7.72. The van der Waals surface area contributed by atoms with Crippen LogP contribution in [0.2, 0.25) is 10.0 Å². The van der Waals surface area contributed by atoms with Crippen molar-refractivity contribution in [3.05, 3.63) is 75.5 Å². The maximum Gasteiger partial charge on any atom is 0.274 e. The average Bonchev–Trinajstić information content (AvgIpc) is 2.62. The molecule has 0 unspecified atom stereocenters. The molecule has 2 aromatic carbocycles. The van der Waals surface area contributed by atoms with E-state index >= 15 is 0 Å². The zero-order valence-corrected chi connectivity index (χ0v) is 15.7. The third-order valence-electron chi connectivity index (χ3n) is 3.81. The molecule has 7 heteroatoms. The predicted molar refractivity (Wildman–Crippen MR) is 106 cm³/mol. The highest BCUT2D eigenvalue weighted by Gasteiger charge is 2.13. The number of nitrogens with zero attached hydrogens (tertiary/aromatic N) is 2. The molecular weight excluding hydrogens is 371 g/mol. The van der Waals surface area contributed by atoms with Crippen LogP contribution in [0.3, 0.4) is 0 Å². The minimum Gasteiger partial charge on any atom is -0.323 e. The van der Waals surface area contributed by atoms with Crippen LogP contribution in [0.25, 0.3) is 0 Å². The first-order chi connectivity index (χ1) is 12.5. The largest absolute Gasteiger partial charge is 0.323 e. The molecule has 132 valence electrons. The molecule has 0 aliphatic rings. The zero-order chi connectivity index (χ0) is 18.7. The van der Waals surface area contributed by atoms with Crippen LogP contribution in [0.15, 0.2) is 48.7 Å². The fourth-order valence-electron chi connectivity index (χ4n) is 2.46. The van der Waals surface area contributed by atoms with Crippen LogP contribution in [-0.4, -0.2) is 15.9 Å². The SMILES string of the molecule is Cc1cccc(C)c1NC(=O)c1ccnc(Nc2cccc(Cl)c2Cl)n1. The van der Waals surface area contributed by atoms with Crippen LogP contribution < -0.4 is 10.6 Å². The first-order valence-electron chi connectivity index (χ1n) is 7.87. The minimum absolute atomic E-state index is 0.239. The molecule has 0 atom stereocenters. The van der Waals surface area contributed by atoms with Crippen molar-refractivity contribution in [1.29, 1.82) is 0 Å². The van der Waals surface area contributed by atoms with E-state index in [-0.39, 0.29) is 17.5 Å². The molecule has 0 bridgehead atoms. The van der Waals surface area contributed by atoms with Gasteiger partial charge in [-0.2, -0.15) is 0 Å². The number of hydrogen-bond donors (Lipinski definition) is 2. The third-order valence-corrected chi connectivity index (χ3v) is 4.62. The van der Waals surface area contributed by atoms with Crippen molar-refractivity contribution in [2.45, 2.75) is 13.8 Å². The maximum atomic E-state index is 12.6. The molecule has 3 aromatic rings. The number of carbonyl (C=O) groups excluding carboxylic acids is 1. The lowest BCUT2D eigenvalue weighted by Gasteiger charge is -2.12. The topological polar surface area (TPSA) is 66.9 Å². The van der Waals surface area contributed by atoms with Crippen molar-refractivity contribution in [2.24, 2.45) is 0 Å². The predicted octanol–water partition coefficient (Wildman–Crippen LogP) is 5.40. The Bertz CT molecular complexity index is 955. The van der Waals surface area contributed by atoms with E-state index in [0.717, 1.165) is 16.8 Å². The first kappa shape index (κ1) is 18.2. The fourth-order valence-corrected chi connectivity index (χ4v) is 2.80. The summed E-state index contributed by atoms with van der Waals surface area (Å²) >= 11 is 12.2. The number of halogens is 2. The van der Waals surface area contributed by atoms with E-state index in [1.165, 1.54) is 6.20 Å². The summed E-state index contributed by atoms with van der Waals surface area (Å²) < 4.78 is 0. The van der Waals surface area contributed by atoms with Gasteiger partial charge >= 0.3 is 0 Å². The Morgan fingerprint density at radius 3 is 2.42 bits per heavy atom. The van der Waals surface area contributed by atoms with Crippen LogP contribution in [0.1, 0.15) is 21.6 Å². The number of rotatable bonds is 4. The molecule has 5 nitrogen and oxygen atoms in total. The van der Waals surface area contributed by atoms with E-state index in [9.17, 15) is 4.79 Å². The normalized spacial score (nSPS) is 10.5. The highest BCUT2D eigenvalue weighted by molar-refractivity contribution is 6.43. The number of para-hydroxylation sites is 1. The Balaban J connectivity index is 1.83. The molecule has 0 aliphatic carbocycles. The quantitative estimate of drug-likeness (QED) is 0.629. The van der Waals surface area contributed by atoms with Crippen LogP contribution in [0, 0.1) is 13.8 Å². The molecule has 1 amide bonds. The zero-order valence-electron chi connectivity index (χ0n) is 14.2. The number of hydrogen-bond acceptors (Lipinski definition) is 4. The minimum atomic E-state index is -0.315. The first-order valence-corrected chi connectivity index (χ1v) is 8.63. The molecule has 0 aliphatic heterocycles. The lowest BCUT2D eigenvalue weighted by Crippen LogP contribution is -2.16. The molecule has 2 N–H and O–H groups in total.